The van der Waals surface area contributed by atoms with E-state index in [4.69, 9.17) is 15.2 Å². The summed E-state index contributed by atoms with van der Waals surface area (Å²) in [5.41, 5.74) is 7.75. The zero-order valence-electron chi connectivity index (χ0n) is 9.87. The van der Waals surface area contributed by atoms with E-state index in [0.29, 0.717) is 24.8 Å². The molecule has 0 aliphatic carbocycles. The maximum Gasteiger partial charge on any atom is 0.257 e. The van der Waals surface area contributed by atoms with Gasteiger partial charge >= 0.3 is 0 Å². The average molecular weight is 242 g/mol. The molecule has 1 aromatic carbocycles. The molecule has 2 aromatic rings. The van der Waals surface area contributed by atoms with Crippen LogP contribution >= 0.6 is 0 Å². The van der Waals surface area contributed by atoms with Crippen molar-refractivity contribution in [3.63, 3.8) is 0 Å². The van der Waals surface area contributed by atoms with Crippen molar-refractivity contribution in [2.45, 2.75) is 12.6 Å². The zero-order chi connectivity index (χ0) is 12.4. The molecular formula is C14H14N2O2. The Morgan fingerprint density at radius 2 is 2.06 bits per heavy atom. The summed E-state index contributed by atoms with van der Waals surface area (Å²) in [6, 6.07) is 11.7. The number of aromatic nitrogens is 1. The molecule has 4 nitrogen and oxygen atoms in total. The first kappa shape index (κ1) is 11.0. The highest BCUT2D eigenvalue weighted by Gasteiger charge is 2.23. The molecule has 92 valence electrons. The Kier molecular flexibility index (Phi) is 2.86. The summed E-state index contributed by atoms with van der Waals surface area (Å²) >= 11 is 0. The Morgan fingerprint density at radius 3 is 2.83 bits per heavy atom. The van der Waals surface area contributed by atoms with E-state index in [0.717, 1.165) is 11.1 Å². The molecule has 1 aromatic heterocycles. The topological polar surface area (TPSA) is 57.4 Å². The predicted molar refractivity (Wildman–Crippen MR) is 67.4 cm³/mol. The quantitative estimate of drug-likeness (QED) is 0.875. The lowest BCUT2D eigenvalue weighted by atomic mass is 10.1. The van der Waals surface area contributed by atoms with Crippen LogP contribution in [-0.2, 0) is 6.54 Å². The maximum atomic E-state index is 5.82. The average Bonchev–Trinajstić information content (AvgIpc) is 2.47. The zero-order valence-corrected chi connectivity index (χ0v) is 9.87. The molecule has 0 amide bonds. The molecule has 0 spiro atoms. The molecule has 1 aliphatic heterocycles. The number of rotatable bonds is 2. The first-order valence-electron chi connectivity index (χ1n) is 5.90. The summed E-state index contributed by atoms with van der Waals surface area (Å²) in [6.45, 7) is 1.05. The van der Waals surface area contributed by atoms with Crippen LogP contribution in [-0.4, -0.2) is 11.6 Å². The maximum absolute atomic E-state index is 5.82. The number of ether oxygens (including phenoxy) is 2. The van der Waals surface area contributed by atoms with Gasteiger partial charge in [-0.1, -0.05) is 24.3 Å². The van der Waals surface area contributed by atoms with E-state index in [2.05, 4.69) is 4.98 Å². The smallest absolute Gasteiger partial charge is 0.257 e. The SMILES string of the molecule is NCc1ccc(C2COc3cccnc3O2)cc1. The number of fused-ring (bicyclic) bond motifs is 1. The standard InChI is InChI=1S/C14H14N2O2/c15-8-10-3-5-11(6-4-10)13-9-17-12-2-1-7-16-14(12)18-13/h1-7,13H,8-9,15H2. The van der Waals surface area contributed by atoms with Crippen LogP contribution in [0.4, 0.5) is 0 Å². The van der Waals surface area contributed by atoms with Gasteiger partial charge in [-0.05, 0) is 23.3 Å². The molecule has 1 atom stereocenters. The summed E-state index contributed by atoms with van der Waals surface area (Å²) in [6.07, 6.45) is 1.58. The van der Waals surface area contributed by atoms with Gasteiger partial charge in [0.2, 0.25) is 0 Å². The first-order valence-corrected chi connectivity index (χ1v) is 5.90. The van der Waals surface area contributed by atoms with Gasteiger partial charge in [0, 0.05) is 12.7 Å². The molecule has 4 heteroatoms. The number of hydrogen-bond acceptors (Lipinski definition) is 4. The Hall–Kier alpha value is -2.07. The third-order valence-corrected chi connectivity index (χ3v) is 2.97. The van der Waals surface area contributed by atoms with E-state index in [-0.39, 0.29) is 6.10 Å². The molecule has 1 aliphatic rings. The lowest BCUT2D eigenvalue weighted by Crippen LogP contribution is -2.22. The van der Waals surface area contributed by atoms with E-state index in [1.165, 1.54) is 0 Å². The molecule has 0 radical (unpaired) electrons. The molecule has 0 fully saturated rings. The Bertz CT molecular complexity index is 540. The van der Waals surface area contributed by atoms with Gasteiger partial charge in [-0.2, -0.15) is 0 Å². The molecule has 2 heterocycles. The van der Waals surface area contributed by atoms with Crippen molar-refractivity contribution < 1.29 is 9.47 Å². The number of nitrogens with zero attached hydrogens (tertiary/aromatic N) is 1. The Morgan fingerprint density at radius 1 is 1.22 bits per heavy atom. The second kappa shape index (κ2) is 4.66. The summed E-state index contributed by atoms with van der Waals surface area (Å²) in [5, 5.41) is 0. The first-order chi connectivity index (χ1) is 8.86. The van der Waals surface area contributed by atoms with E-state index in [9.17, 15) is 0 Å². The number of pyridine rings is 1. The van der Waals surface area contributed by atoms with Crippen molar-refractivity contribution in [2.24, 2.45) is 5.73 Å². The fraction of sp³-hybridized carbons (Fsp3) is 0.214. The highest BCUT2D eigenvalue weighted by Crippen LogP contribution is 2.33. The number of benzene rings is 1. The van der Waals surface area contributed by atoms with Crippen molar-refractivity contribution in [3.8, 4) is 11.6 Å². The largest absolute Gasteiger partial charge is 0.484 e. The van der Waals surface area contributed by atoms with Gasteiger partial charge in [-0.25, -0.2) is 4.98 Å². The lowest BCUT2D eigenvalue weighted by Gasteiger charge is -2.25. The van der Waals surface area contributed by atoms with Crippen molar-refractivity contribution in [1.29, 1.82) is 0 Å². The van der Waals surface area contributed by atoms with Crippen molar-refractivity contribution in [2.75, 3.05) is 6.61 Å². The predicted octanol–water partition coefficient (Wildman–Crippen LogP) is 2.05. The van der Waals surface area contributed by atoms with Crippen molar-refractivity contribution >= 4 is 0 Å². The minimum Gasteiger partial charge on any atom is -0.484 e. The fourth-order valence-electron chi connectivity index (χ4n) is 1.94. The van der Waals surface area contributed by atoms with Crippen LogP contribution in [0.5, 0.6) is 11.6 Å². The molecule has 0 saturated carbocycles. The van der Waals surface area contributed by atoms with Gasteiger partial charge < -0.3 is 15.2 Å². The van der Waals surface area contributed by atoms with E-state index in [1.807, 2.05) is 36.4 Å². The Balaban J connectivity index is 1.82. The minimum absolute atomic E-state index is 0.112. The van der Waals surface area contributed by atoms with Gasteiger partial charge in [0.1, 0.15) is 6.61 Å². The minimum atomic E-state index is -0.112. The molecule has 1 unspecified atom stereocenters. The number of hydrogen-bond donors (Lipinski definition) is 1. The lowest BCUT2D eigenvalue weighted by molar-refractivity contribution is 0.0851. The van der Waals surface area contributed by atoms with Gasteiger partial charge in [0.15, 0.2) is 11.9 Å². The van der Waals surface area contributed by atoms with Crippen LogP contribution in [0.15, 0.2) is 42.6 Å². The van der Waals surface area contributed by atoms with Gasteiger partial charge in [-0.3, -0.25) is 0 Å². The summed E-state index contributed by atoms with van der Waals surface area (Å²) in [5.74, 6) is 1.25. The molecule has 2 N–H and O–H groups in total. The second-order valence-electron chi connectivity index (χ2n) is 4.17. The van der Waals surface area contributed by atoms with Crippen molar-refractivity contribution in [1.82, 2.24) is 4.98 Å². The highest BCUT2D eigenvalue weighted by molar-refractivity contribution is 5.35. The van der Waals surface area contributed by atoms with Crippen LogP contribution in [0.2, 0.25) is 0 Å². The summed E-state index contributed by atoms with van der Waals surface area (Å²) in [7, 11) is 0. The summed E-state index contributed by atoms with van der Waals surface area (Å²) < 4.78 is 11.5. The van der Waals surface area contributed by atoms with Gasteiger partial charge in [0.05, 0.1) is 0 Å². The van der Waals surface area contributed by atoms with Gasteiger partial charge in [0.25, 0.3) is 5.88 Å². The molecular weight excluding hydrogens is 228 g/mol. The monoisotopic (exact) mass is 242 g/mol. The van der Waals surface area contributed by atoms with Crippen LogP contribution in [0.25, 0.3) is 0 Å². The third kappa shape index (κ3) is 2.02. The fourth-order valence-corrected chi connectivity index (χ4v) is 1.94. The molecule has 18 heavy (non-hydrogen) atoms. The molecule has 3 rings (SSSR count). The van der Waals surface area contributed by atoms with Crippen LogP contribution < -0.4 is 15.2 Å². The van der Waals surface area contributed by atoms with Crippen LogP contribution in [0, 0.1) is 0 Å². The third-order valence-electron chi connectivity index (χ3n) is 2.97. The van der Waals surface area contributed by atoms with E-state index in [1.54, 1.807) is 6.20 Å². The van der Waals surface area contributed by atoms with Crippen molar-refractivity contribution in [3.05, 3.63) is 53.7 Å². The van der Waals surface area contributed by atoms with Crippen LogP contribution in [0.3, 0.4) is 0 Å². The second-order valence-corrected chi connectivity index (χ2v) is 4.17. The number of nitrogens with two attached hydrogens (primary N) is 1. The highest BCUT2D eigenvalue weighted by atomic mass is 16.6. The normalized spacial score (nSPS) is 17.5. The molecule has 0 saturated heterocycles. The van der Waals surface area contributed by atoms with Gasteiger partial charge in [-0.15, -0.1) is 0 Å². The van der Waals surface area contributed by atoms with E-state index < -0.39 is 0 Å². The Labute approximate surface area is 105 Å². The summed E-state index contributed by atoms with van der Waals surface area (Å²) in [4.78, 5) is 4.16. The molecule has 0 bridgehead atoms. The van der Waals surface area contributed by atoms with E-state index >= 15 is 0 Å². The van der Waals surface area contributed by atoms with Crippen LogP contribution in [0.1, 0.15) is 17.2 Å².